The van der Waals surface area contributed by atoms with E-state index < -0.39 is 0 Å². The maximum atomic E-state index is 13.1. The molecular weight excluding hydrogens is 524 g/mol. The molecule has 0 unspecified atom stereocenters. The monoisotopic (exact) mass is 562 g/mol. The molecule has 4 atom stereocenters. The second-order valence-electron chi connectivity index (χ2n) is 11.0. The summed E-state index contributed by atoms with van der Waals surface area (Å²) in [6.07, 6.45) is 4.49. The first-order chi connectivity index (χ1) is 20.5. The van der Waals surface area contributed by atoms with Crippen LogP contribution in [0.15, 0.2) is 91.1 Å². The summed E-state index contributed by atoms with van der Waals surface area (Å²) in [6.45, 7) is 4.94. The number of hydrogen-bond donors (Lipinski definition) is 0. The van der Waals surface area contributed by atoms with Crippen LogP contribution in [0.2, 0.25) is 0 Å². The Morgan fingerprint density at radius 2 is 1.76 bits per heavy atom. The third-order valence-corrected chi connectivity index (χ3v) is 7.76. The van der Waals surface area contributed by atoms with Crippen molar-refractivity contribution in [2.24, 2.45) is 5.92 Å². The zero-order valence-corrected chi connectivity index (χ0v) is 24.5. The van der Waals surface area contributed by atoms with E-state index in [0.717, 1.165) is 41.7 Å². The van der Waals surface area contributed by atoms with Gasteiger partial charge >= 0.3 is 0 Å². The van der Waals surface area contributed by atoms with Gasteiger partial charge in [0.05, 0.1) is 30.4 Å². The van der Waals surface area contributed by atoms with E-state index in [0.29, 0.717) is 12.2 Å². The smallest absolute Gasteiger partial charge is 0.228 e. The molecule has 42 heavy (non-hydrogen) atoms. The molecule has 3 aromatic carbocycles. The normalized spacial score (nSPS) is 17.6. The molecule has 0 radical (unpaired) electrons. The van der Waals surface area contributed by atoms with E-state index in [1.54, 1.807) is 4.90 Å². The van der Waals surface area contributed by atoms with E-state index in [2.05, 4.69) is 47.3 Å². The van der Waals surface area contributed by atoms with Crippen molar-refractivity contribution in [3.63, 3.8) is 0 Å². The molecule has 0 N–H and O–H groups in total. The Balaban J connectivity index is 1.07. The van der Waals surface area contributed by atoms with Crippen LogP contribution in [0.4, 0.5) is 0 Å². The minimum atomic E-state index is -0.185. The van der Waals surface area contributed by atoms with Gasteiger partial charge in [-0.25, -0.2) is 4.68 Å². The minimum Gasteiger partial charge on any atom is -0.481 e. The lowest BCUT2D eigenvalue weighted by molar-refractivity contribution is -0.139. The summed E-state index contributed by atoms with van der Waals surface area (Å²) < 4.78 is 14.0. The maximum absolute atomic E-state index is 13.1. The predicted octanol–water partition coefficient (Wildman–Crippen LogP) is 6.17. The second kappa shape index (κ2) is 14.0. The second-order valence-corrected chi connectivity index (χ2v) is 11.0. The molecule has 0 aliphatic carbocycles. The lowest BCUT2D eigenvalue weighted by atomic mass is 9.99. The van der Waals surface area contributed by atoms with Gasteiger partial charge in [0.15, 0.2) is 5.69 Å². The van der Waals surface area contributed by atoms with Crippen molar-refractivity contribution >= 4 is 5.91 Å². The van der Waals surface area contributed by atoms with Gasteiger partial charge in [0.25, 0.3) is 0 Å². The third-order valence-electron chi connectivity index (χ3n) is 7.76. The molecule has 216 valence electrons. The zero-order valence-electron chi connectivity index (χ0n) is 24.5. The van der Waals surface area contributed by atoms with Crippen LogP contribution >= 0.6 is 0 Å². The fraction of sp³-hybridized carbons (Fsp3) is 0.343. The quantitative estimate of drug-likeness (QED) is 0.216. The summed E-state index contributed by atoms with van der Waals surface area (Å²) in [5.41, 5.74) is 3.98. The molecule has 1 aliphatic rings. The van der Waals surface area contributed by atoms with E-state index in [1.165, 1.54) is 0 Å². The van der Waals surface area contributed by atoms with Gasteiger partial charge in [-0.2, -0.15) is 0 Å². The first-order valence-corrected chi connectivity index (χ1v) is 14.6. The Kier molecular flexibility index (Phi) is 9.68. The number of ether oxygens (including phenoxy) is 2. The van der Waals surface area contributed by atoms with Gasteiger partial charge in [-0.3, -0.25) is 4.79 Å². The molecule has 4 aromatic rings. The molecule has 5 rings (SSSR count). The molecule has 0 bridgehead atoms. The van der Waals surface area contributed by atoms with Crippen LogP contribution in [-0.2, 0) is 16.1 Å². The number of carbonyl (C=O) groups is 1. The average molecular weight is 563 g/mol. The Labute approximate surface area is 248 Å². The molecular formula is C35H38N4O3. The molecule has 7 nitrogen and oxygen atoms in total. The molecule has 1 amide bonds. The van der Waals surface area contributed by atoms with Crippen molar-refractivity contribution in [1.29, 1.82) is 0 Å². The van der Waals surface area contributed by atoms with Gasteiger partial charge in [-0.1, -0.05) is 90.9 Å². The highest BCUT2D eigenvalue weighted by Crippen LogP contribution is 2.31. The van der Waals surface area contributed by atoms with Gasteiger partial charge in [0, 0.05) is 13.6 Å². The highest BCUT2D eigenvalue weighted by atomic mass is 16.5. The summed E-state index contributed by atoms with van der Waals surface area (Å²) >= 11 is 0. The van der Waals surface area contributed by atoms with Crippen LogP contribution in [-0.4, -0.2) is 51.7 Å². The average Bonchev–Trinajstić information content (AvgIpc) is 3.70. The summed E-state index contributed by atoms with van der Waals surface area (Å²) in [6, 6.07) is 28.4. The summed E-state index contributed by atoms with van der Waals surface area (Å²) in [5, 5.41) is 8.52. The fourth-order valence-electron chi connectivity index (χ4n) is 5.40. The summed E-state index contributed by atoms with van der Waals surface area (Å²) in [4.78, 5) is 14.8. The Hall–Kier alpha value is -4.41. The van der Waals surface area contributed by atoms with Crippen LogP contribution < -0.4 is 4.74 Å². The number of hydrogen-bond acceptors (Lipinski definition) is 5. The zero-order chi connectivity index (χ0) is 29.3. The molecule has 1 saturated heterocycles. The largest absolute Gasteiger partial charge is 0.481 e. The Bertz CT molecular complexity index is 1510. The van der Waals surface area contributed by atoms with Crippen molar-refractivity contribution in [1.82, 2.24) is 19.9 Å². The standard InChI is InChI=1S/C35H38N4O3/c1-26(22-33-19-20-34(42-33)27(2)35(40)38(3)24-28-12-6-4-7-13-28)39-25-31(36-37-39)17-11-21-41-32-18-10-16-30(23-32)29-14-8-5-9-15-29/h4-10,12-16,18,23,25-27,33-34H,19-22,24H2,1-3H3/t26-,27-,33+,34-/m1/s1. The lowest BCUT2D eigenvalue weighted by Gasteiger charge is -2.26. The molecule has 0 spiro atoms. The van der Waals surface area contributed by atoms with Crippen LogP contribution in [0.5, 0.6) is 5.75 Å². The van der Waals surface area contributed by atoms with Gasteiger partial charge in [-0.15, -0.1) is 5.10 Å². The van der Waals surface area contributed by atoms with Crippen LogP contribution in [0.25, 0.3) is 11.1 Å². The van der Waals surface area contributed by atoms with Crippen molar-refractivity contribution in [2.75, 3.05) is 13.7 Å². The van der Waals surface area contributed by atoms with Gasteiger partial charge in [0.1, 0.15) is 12.4 Å². The number of rotatable bonds is 10. The van der Waals surface area contributed by atoms with Crippen molar-refractivity contribution in [3.8, 4) is 28.7 Å². The number of aromatic nitrogens is 3. The predicted molar refractivity (Wildman–Crippen MR) is 164 cm³/mol. The topological polar surface area (TPSA) is 69.5 Å². The molecule has 7 heteroatoms. The van der Waals surface area contributed by atoms with Crippen molar-refractivity contribution < 1.29 is 14.3 Å². The Morgan fingerprint density at radius 3 is 2.55 bits per heavy atom. The summed E-state index contributed by atoms with van der Waals surface area (Å²) in [5.74, 6) is 6.79. The molecule has 1 aromatic heterocycles. The number of nitrogens with zero attached hydrogens (tertiary/aromatic N) is 4. The third kappa shape index (κ3) is 7.65. The number of amides is 1. The first kappa shape index (κ1) is 29.1. The SMILES string of the molecule is C[C@H](C[C@@H]1CC[C@H]([C@@H](C)C(=O)N(C)Cc2ccccc2)O1)n1cc(C#CCOc2cccc(-c3ccccc3)c2)nn1. The molecule has 1 aliphatic heterocycles. The molecule has 1 fully saturated rings. The van der Waals surface area contributed by atoms with E-state index >= 15 is 0 Å². The van der Waals surface area contributed by atoms with Crippen LogP contribution in [0, 0.1) is 17.8 Å². The molecule has 2 heterocycles. The maximum Gasteiger partial charge on any atom is 0.228 e. The minimum absolute atomic E-state index is 0.0708. The van der Waals surface area contributed by atoms with Gasteiger partial charge < -0.3 is 14.4 Å². The Morgan fingerprint density at radius 1 is 1.02 bits per heavy atom. The lowest BCUT2D eigenvalue weighted by Crippen LogP contribution is -2.37. The van der Waals surface area contributed by atoms with E-state index in [-0.39, 0.29) is 36.7 Å². The highest BCUT2D eigenvalue weighted by molar-refractivity contribution is 5.78. The van der Waals surface area contributed by atoms with E-state index in [9.17, 15) is 4.79 Å². The van der Waals surface area contributed by atoms with Crippen molar-refractivity contribution in [2.45, 2.75) is 57.9 Å². The van der Waals surface area contributed by atoms with Crippen LogP contribution in [0.1, 0.15) is 50.4 Å². The van der Waals surface area contributed by atoms with Gasteiger partial charge in [0.2, 0.25) is 5.91 Å². The number of carbonyl (C=O) groups excluding carboxylic acids is 1. The first-order valence-electron chi connectivity index (χ1n) is 14.6. The highest BCUT2D eigenvalue weighted by Gasteiger charge is 2.35. The van der Waals surface area contributed by atoms with Crippen LogP contribution in [0.3, 0.4) is 0 Å². The van der Waals surface area contributed by atoms with E-state index in [4.69, 9.17) is 9.47 Å². The number of benzene rings is 3. The van der Waals surface area contributed by atoms with E-state index in [1.807, 2.05) is 91.6 Å². The van der Waals surface area contributed by atoms with Crippen molar-refractivity contribution in [3.05, 3.63) is 102 Å². The summed E-state index contributed by atoms with van der Waals surface area (Å²) in [7, 11) is 1.86. The molecule has 0 saturated carbocycles. The van der Waals surface area contributed by atoms with Gasteiger partial charge in [-0.05, 0) is 60.9 Å². The fourth-order valence-corrected chi connectivity index (χ4v) is 5.40.